The summed E-state index contributed by atoms with van der Waals surface area (Å²) in [6, 6.07) is 9.09. The van der Waals surface area contributed by atoms with Crippen LogP contribution in [0.3, 0.4) is 0 Å². The van der Waals surface area contributed by atoms with E-state index in [9.17, 15) is 27.2 Å². The van der Waals surface area contributed by atoms with Gasteiger partial charge in [-0.25, -0.2) is 9.37 Å². The summed E-state index contributed by atoms with van der Waals surface area (Å²) in [6.07, 6.45) is -2.05. The van der Waals surface area contributed by atoms with E-state index in [1.165, 1.54) is 17.2 Å². The molecule has 1 saturated heterocycles. The van der Waals surface area contributed by atoms with Gasteiger partial charge in [-0.1, -0.05) is 31.2 Å². The highest BCUT2D eigenvalue weighted by molar-refractivity contribution is 5.96. The van der Waals surface area contributed by atoms with Crippen LogP contribution in [0.25, 0.3) is 0 Å². The summed E-state index contributed by atoms with van der Waals surface area (Å²) < 4.78 is 60.1. The molecule has 0 radical (unpaired) electrons. The van der Waals surface area contributed by atoms with Crippen LogP contribution in [-0.4, -0.2) is 59.8 Å². The van der Waals surface area contributed by atoms with Crippen molar-refractivity contribution >= 4 is 23.5 Å². The number of hydrogen-bond donors (Lipinski definition) is 1. The summed E-state index contributed by atoms with van der Waals surface area (Å²) in [5, 5.41) is 3.04. The van der Waals surface area contributed by atoms with Gasteiger partial charge in [0.2, 0.25) is 17.5 Å². The number of amides is 1. The van der Waals surface area contributed by atoms with E-state index < -0.39 is 29.2 Å². The normalized spacial score (nSPS) is 15.7. The fraction of sp³-hybridized carbons (Fsp3) is 0.429. The monoisotopic (exact) mass is 561 g/mol. The van der Waals surface area contributed by atoms with Gasteiger partial charge in [-0.15, -0.1) is 0 Å². The molecule has 8 nitrogen and oxygen atoms in total. The fourth-order valence-corrected chi connectivity index (χ4v) is 4.50. The van der Waals surface area contributed by atoms with Crippen molar-refractivity contribution in [3.8, 4) is 0 Å². The van der Waals surface area contributed by atoms with Gasteiger partial charge in [-0.2, -0.15) is 18.2 Å². The van der Waals surface area contributed by atoms with Crippen LogP contribution in [0.5, 0.6) is 0 Å². The summed E-state index contributed by atoms with van der Waals surface area (Å²) in [4.78, 5) is 36.2. The number of carbonyl (C=O) groups excluding carboxylic acids is 2. The number of piperidine rings is 1. The van der Waals surface area contributed by atoms with Crippen molar-refractivity contribution < 1.29 is 31.6 Å². The highest BCUT2D eigenvalue weighted by atomic mass is 19.4. The molecular weight excluding hydrogens is 530 g/mol. The lowest BCUT2D eigenvalue weighted by molar-refractivity contribution is -0.141. The Bertz CT molecular complexity index is 1330. The van der Waals surface area contributed by atoms with E-state index in [1.54, 1.807) is 42.3 Å². The van der Waals surface area contributed by atoms with Crippen molar-refractivity contribution in [1.82, 2.24) is 14.9 Å². The third-order valence-electron chi connectivity index (χ3n) is 6.73. The molecule has 12 heteroatoms. The lowest BCUT2D eigenvalue weighted by Gasteiger charge is -2.29. The number of hydrogen-bond acceptors (Lipinski definition) is 7. The van der Waals surface area contributed by atoms with Crippen molar-refractivity contribution in [2.75, 3.05) is 43.4 Å². The first kappa shape index (κ1) is 29.0. The van der Waals surface area contributed by atoms with E-state index in [4.69, 9.17) is 4.42 Å². The molecule has 1 atom stereocenters. The van der Waals surface area contributed by atoms with Gasteiger partial charge in [0.25, 0.3) is 6.01 Å². The topological polar surface area (TPSA) is 91.6 Å². The maximum absolute atomic E-state index is 13.8. The van der Waals surface area contributed by atoms with Crippen LogP contribution in [-0.2, 0) is 23.8 Å². The number of nitrogens with zero attached hydrogens (tertiary/aromatic N) is 4. The molecule has 214 valence electrons. The molecule has 1 aliphatic heterocycles. The third kappa shape index (κ3) is 7.36. The molecule has 1 unspecified atom stereocenters. The molecule has 2 aromatic heterocycles. The van der Waals surface area contributed by atoms with E-state index in [1.807, 2.05) is 6.92 Å². The Kier molecular flexibility index (Phi) is 9.06. The van der Waals surface area contributed by atoms with Crippen molar-refractivity contribution in [3.05, 3.63) is 71.0 Å². The van der Waals surface area contributed by atoms with Crippen LogP contribution in [0.15, 0.2) is 47.0 Å². The number of anilines is 2. The number of rotatable bonds is 10. The number of benzene rings is 1. The maximum Gasteiger partial charge on any atom is 0.437 e. The first-order valence-corrected chi connectivity index (χ1v) is 13.0. The molecule has 1 N–H and O–H groups in total. The zero-order chi connectivity index (χ0) is 28.9. The first-order valence-electron chi connectivity index (χ1n) is 13.0. The second-order valence-corrected chi connectivity index (χ2v) is 10.0. The number of nitrogens with one attached hydrogen (secondary N) is 1. The Morgan fingerprint density at radius 2 is 1.95 bits per heavy atom. The number of ketones is 1. The van der Waals surface area contributed by atoms with Gasteiger partial charge in [0.05, 0.1) is 6.42 Å². The molecule has 1 fully saturated rings. The van der Waals surface area contributed by atoms with Gasteiger partial charge in [0, 0.05) is 45.8 Å². The first-order chi connectivity index (χ1) is 19.0. The predicted molar refractivity (Wildman–Crippen MR) is 141 cm³/mol. The van der Waals surface area contributed by atoms with Crippen LogP contribution in [0.1, 0.15) is 47.1 Å². The van der Waals surface area contributed by atoms with E-state index in [2.05, 4.69) is 15.3 Å². The average molecular weight is 562 g/mol. The summed E-state index contributed by atoms with van der Waals surface area (Å²) in [6.45, 7) is 3.72. The molecule has 1 aromatic carbocycles. The molecule has 3 heterocycles. The molecule has 3 aromatic rings. The number of alkyl halides is 3. The summed E-state index contributed by atoms with van der Waals surface area (Å²) in [5.74, 6) is -1.56. The Morgan fingerprint density at radius 3 is 2.62 bits per heavy atom. The second-order valence-electron chi connectivity index (χ2n) is 10.0. The van der Waals surface area contributed by atoms with Gasteiger partial charge in [0.15, 0.2) is 5.69 Å². The number of aromatic nitrogens is 2. The zero-order valence-electron chi connectivity index (χ0n) is 22.3. The van der Waals surface area contributed by atoms with Crippen LogP contribution >= 0.6 is 0 Å². The lowest BCUT2D eigenvalue weighted by Crippen LogP contribution is -2.34. The second kappa shape index (κ2) is 12.5. The van der Waals surface area contributed by atoms with E-state index in [0.29, 0.717) is 43.1 Å². The zero-order valence-corrected chi connectivity index (χ0v) is 22.3. The van der Waals surface area contributed by atoms with Crippen molar-refractivity contribution in [2.24, 2.45) is 5.92 Å². The van der Waals surface area contributed by atoms with Crippen LogP contribution in [0.2, 0.25) is 0 Å². The molecule has 4 rings (SSSR count). The van der Waals surface area contributed by atoms with Gasteiger partial charge < -0.3 is 19.5 Å². The van der Waals surface area contributed by atoms with Gasteiger partial charge in [0.1, 0.15) is 11.6 Å². The van der Waals surface area contributed by atoms with Gasteiger partial charge in [-0.05, 0) is 42.0 Å². The Hall–Kier alpha value is -3.96. The molecule has 0 bridgehead atoms. The summed E-state index contributed by atoms with van der Waals surface area (Å²) in [7, 11) is 1.61. The van der Waals surface area contributed by atoms with Crippen LogP contribution < -0.4 is 10.2 Å². The molecule has 40 heavy (non-hydrogen) atoms. The minimum Gasteiger partial charge on any atom is -0.420 e. The molecule has 0 aliphatic carbocycles. The van der Waals surface area contributed by atoms with Crippen molar-refractivity contribution in [3.63, 3.8) is 0 Å². The minimum atomic E-state index is -4.83. The number of oxazole rings is 1. The summed E-state index contributed by atoms with van der Waals surface area (Å²) >= 11 is 0. The van der Waals surface area contributed by atoms with Crippen molar-refractivity contribution in [2.45, 2.75) is 38.8 Å². The quantitative estimate of drug-likeness (QED) is 0.275. The number of Topliss-reactive ketones (excluding diaryl/α,β-unsaturated/α-hetero) is 1. The van der Waals surface area contributed by atoms with Crippen LogP contribution in [0.4, 0.5) is 29.4 Å². The minimum absolute atomic E-state index is 0.0515. The lowest BCUT2D eigenvalue weighted by atomic mass is 10.0. The molecule has 1 amide bonds. The SMILES string of the molecule is CC1CCCN(c2nc(C(F)(F)F)c(C(=O)Cc3ccc(NCCN(C)C(=O)Cc4ccccc4F)nc3)o2)C1. The number of carbonyl (C=O) groups is 2. The highest BCUT2D eigenvalue weighted by Gasteiger charge is 2.42. The molecule has 1 aliphatic rings. The van der Waals surface area contributed by atoms with Crippen LogP contribution in [0, 0.1) is 11.7 Å². The maximum atomic E-state index is 13.8. The fourth-order valence-electron chi connectivity index (χ4n) is 4.50. The Morgan fingerprint density at radius 1 is 1.18 bits per heavy atom. The summed E-state index contributed by atoms with van der Waals surface area (Å²) in [5.41, 5.74) is -0.583. The molecule has 0 spiro atoms. The van der Waals surface area contributed by atoms with E-state index in [-0.39, 0.29) is 30.7 Å². The van der Waals surface area contributed by atoms with Gasteiger partial charge >= 0.3 is 6.18 Å². The Balaban J connectivity index is 1.32. The van der Waals surface area contributed by atoms with E-state index >= 15 is 0 Å². The molecular formula is C28H31F4N5O3. The van der Waals surface area contributed by atoms with E-state index in [0.717, 1.165) is 12.8 Å². The van der Waals surface area contributed by atoms with Gasteiger partial charge in [-0.3, -0.25) is 9.59 Å². The van der Waals surface area contributed by atoms with Crippen molar-refractivity contribution in [1.29, 1.82) is 0 Å². The number of likely N-dealkylation sites (N-methyl/N-ethyl adjacent to an activating group) is 1. The standard InChI is InChI=1S/C28H31F4N5O3/c1-18-6-5-12-37(17-18)27-35-26(28(30,31)32)25(40-27)22(38)14-19-9-10-23(34-16-19)33-11-13-36(2)24(39)15-20-7-3-4-8-21(20)29/h3-4,7-10,16,18H,5-6,11-15,17H2,1-2H3,(H,33,34). The number of halogens is 4. The molecule has 0 saturated carbocycles. The third-order valence-corrected chi connectivity index (χ3v) is 6.73. The largest absolute Gasteiger partial charge is 0.437 e. The smallest absolute Gasteiger partial charge is 0.420 e. The number of pyridine rings is 1. The average Bonchev–Trinajstić information content (AvgIpc) is 3.38. The Labute approximate surface area is 229 Å². The predicted octanol–water partition coefficient (Wildman–Crippen LogP) is 5.00. The highest BCUT2D eigenvalue weighted by Crippen LogP contribution is 2.35.